The van der Waals surface area contributed by atoms with E-state index in [0.29, 0.717) is 18.4 Å². The molecule has 4 aliphatic carbocycles. The predicted octanol–water partition coefficient (Wildman–Crippen LogP) is 3.25. The number of rotatable bonds is 7. The Morgan fingerprint density at radius 1 is 0.704 bits per heavy atom. The van der Waals surface area contributed by atoms with Crippen LogP contribution in [0.3, 0.4) is 0 Å². The molecule has 5 N–H and O–H groups in total. The highest BCUT2D eigenvalue weighted by Gasteiger charge is 2.66. The SMILES string of the molecule is CC1OC(OC2C(O)CC(OC3C(O)CC(OC4CCC5(C)C(CCC6C5CCC5(C)CC(C7=CC(=O)OC7)CC65O)C4)OC3C)OC2C)CC(O)C1O. The Kier molecular flexibility index (Phi) is 10.9. The molecule has 8 rings (SSSR count). The van der Waals surface area contributed by atoms with Gasteiger partial charge < -0.3 is 58.7 Å². The lowest BCUT2D eigenvalue weighted by molar-refractivity contribution is -0.336. The van der Waals surface area contributed by atoms with E-state index in [9.17, 15) is 30.3 Å². The molecule has 0 aromatic heterocycles. The molecule has 20 unspecified atom stereocenters. The van der Waals surface area contributed by atoms with E-state index in [1.165, 1.54) is 0 Å². The molecule has 3 saturated heterocycles. The van der Waals surface area contributed by atoms with Gasteiger partial charge in [-0.3, -0.25) is 0 Å². The van der Waals surface area contributed by atoms with E-state index in [2.05, 4.69) is 13.8 Å². The number of fused-ring (bicyclic) bond motifs is 5. The molecule has 4 saturated carbocycles. The number of aliphatic hydroxyl groups is 5. The van der Waals surface area contributed by atoms with Crippen molar-refractivity contribution in [3.63, 3.8) is 0 Å². The minimum Gasteiger partial charge on any atom is -0.458 e. The van der Waals surface area contributed by atoms with E-state index < -0.39 is 79.4 Å². The zero-order valence-electron chi connectivity index (χ0n) is 32.6. The van der Waals surface area contributed by atoms with Crippen molar-refractivity contribution in [1.82, 2.24) is 0 Å². The highest BCUT2D eigenvalue weighted by molar-refractivity contribution is 5.85. The number of carbonyl (C=O) groups is 1. The topological polar surface area (TPSA) is 183 Å². The Morgan fingerprint density at radius 2 is 1.31 bits per heavy atom. The molecule has 0 spiro atoms. The lowest BCUT2D eigenvalue weighted by Gasteiger charge is -2.63. The van der Waals surface area contributed by atoms with Gasteiger partial charge in [0.05, 0.1) is 48.3 Å². The number of hydrogen-bond acceptors (Lipinski definition) is 13. The quantitative estimate of drug-likeness (QED) is 0.188. The van der Waals surface area contributed by atoms with Gasteiger partial charge in [-0.25, -0.2) is 4.79 Å². The second-order valence-electron chi connectivity index (χ2n) is 18.9. The maximum atomic E-state index is 12.6. The van der Waals surface area contributed by atoms with Gasteiger partial charge in [0, 0.05) is 25.3 Å². The summed E-state index contributed by atoms with van der Waals surface area (Å²) in [7, 11) is 0. The Labute approximate surface area is 319 Å². The Balaban J connectivity index is 0.825. The van der Waals surface area contributed by atoms with Crippen LogP contribution in [-0.4, -0.2) is 124 Å². The smallest absolute Gasteiger partial charge is 0.331 e. The summed E-state index contributed by atoms with van der Waals surface area (Å²) in [5.74, 6) is 1.14. The van der Waals surface area contributed by atoms with Crippen molar-refractivity contribution in [2.45, 2.75) is 197 Å². The number of ether oxygens (including phenoxy) is 7. The fourth-order valence-electron chi connectivity index (χ4n) is 12.6. The van der Waals surface area contributed by atoms with Crippen LogP contribution in [0.15, 0.2) is 11.6 Å². The summed E-state index contributed by atoms with van der Waals surface area (Å²) < 4.78 is 42.2. The van der Waals surface area contributed by atoms with Gasteiger partial charge >= 0.3 is 5.97 Å². The molecule has 13 nitrogen and oxygen atoms in total. The predicted molar refractivity (Wildman–Crippen MR) is 191 cm³/mol. The van der Waals surface area contributed by atoms with Crippen molar-refractivity contribution in [2.24, 2.45) is 34.5 Å². The molecule has 8 aliphatic rings. The number of hydrogen-bond donors (Lipinski definition) is 5. The maximum Gasteiger partial charge on any atom is 0.331 e. The van der Waals surface area contributed by atoms with Crippen molar-refractivity contribution in [2.75, 3.05) is 6.61 Å². The normalized spacial score (nSPS) is 55.0. The Hall–Kier alpha value is -1.23. The van der Waals surface area contributed by atoms with Crippen molar-refractivity contribution < 1.29 is 63.5 Å². The summed E-state index contributed by atoms with van der Waals surface area (Å²) in [4.78, 5) is 11.9. The Bertz CT molecular complexity index is 1370. The summed E-state index contributed by atoms with van der Waals surface area (Å²) >= 11 is 0. The third kappa shape index (κ3) is 7.03. The van der Waals surface area contributed by atoms with E-state index in [4.69, 9.17) is 33.2 Å². The third-order valence-corrected chi connectivity index (χ3v) is 15.7. The van der Waals surface area contributed by atoms with Crippen LogP contribution in [0.25, 0.3) is 0 Å². The molecule has 54 heavy (non-hydrogen) atoms. The lowest BCUT2D eigenvalue weighted by Crippen LogP contribution is -2.61. The van der Waals surface area contributed by atoms with Gasteiger partial charge in [0.1, 0.15) is 24.9 Å². The first-order valence-corrected chi connectivity index (χ1v) is 20.8. The molecule has 0 aromatic carbocycles. The second kappa shape index (κ2) is 14.9. The number of aliphatic hydroxyl groups excluding tert-OH is 4. The molecule has 20 atom stereocenters. The molecule has 0 bridgehead atoms. The number of carbonyl (C=O) groups excluding carboxylic acids is 1. The van der Waals surface area contributed by atoms with Crippen LogP contribution in [-0.2, 0) is 38.0 Å². The first-order valence-electron chi connectivity index (χ1n) is 20.8. The molecular weight excluding hydrogens is 700 g/mol. The van der Waals surface area contributed by atoms with Crippen molar-refractivity contribution >= 4 is 5.97 Å². The second-order valence-corrected chi connectivity index (χ2v) is 18.9. The molecule has 0 amide bonds. The molecule has 4 aliphatic heterocycles. The van der Waals surface area contributed by atoms with Crippen molar-refractivity contribution in [3.8, 4) is 0 Å². The molecule has 0 radical (unpaired) electrons. The fourth-order valence-corrected chi connectivity index (χ4v) is 12.6. The van der Waals surface area contributed by atoms with Crippen LogP contribution in [0.2, 0.25) is 0 Å². The Morgan fingerprint density at radius 3 is 1.91 bits per heavy atom. The zero-order valence-corrected chi connectivity index (χ0v) is 32.6. The largest absolute Gasteiger partial charge is 0.458 e. The van der Waals surface area contributed by atoms with E-state index in [1.807, 2.05) is 6.92 Å². The van der Waals surface area contributed by atoms with Crippen LogP contribution < -0.4 is 0 Å². The van der Waals surface area contributed by atoms with Crippen molar-refractivity contribution in [1.29, 1.82) is 0 Å². The van der Waals surface area contributed by atoms with Gasteiger partial charge in [-0.1, -0.05) is 13.8 Å². The van der Waals surface area contributed by atoms with E-state index in [-0.39, 0.29) is 54.0 Å². The van der Waals surface area contributed by atoms with E-state index >= 15 is 0 Å². The molecule has 7 fully saturated rings. The fraction of sp³-hybridized carbons (Fsp3) is 0.927. The summed E-state index contributed by atoms with van der Waals surface area (Å²) in [6, 6.07) is 0. The van der Waals surface area contributed by atoms with Crippen LogP contribution in [0.4, 0.5) is 0 Å². The molecular formula is C41H64O13. The number of cyclic esters (lactones) is 1. The van der Waals surface area contributed by atoms with Gasteiger partial charge in [-0.2, -0.15) is 0 Å². The van der Waals surface area contributed by atoms with Gasteiger partial charge in [0.15, 0.2) is 18.9 Å². The summed E-state index contributed by atoms with van der Waals surface area (Å²) in [5.41, 5.74) is 0.299. The number of esters is 1. The monoisotopic (exact) mass is 764 g/mol. The molecule has 0 aromatic rings. The van der Waals surface area contributed by atoms with E-state index in [1.54, 1.807) is 19.9 Å². The first kappa shape index (κ1) is 39.6. The van der Waals surface area contributed by atoms with Crippen molar-refractivity contribution in [3.05, 3.63) is 11.6 Å². The average Bonchev–Trinajstić information content (AvgIpc) is 3.67. The highest BCUT2D eigenvalue weighted by atomic mass is 16.7. The summed E-state index contributed by atoms with van der Waals surface area (Å²) in [6.07, 6.45) is 1.91. The van der Waals surface area contributed by atoms with Crippen LogP contribution in [0.5, 0.6) is 0 Å². The van der Waals surface area contributed by atoms with E-state index in [0.717, 1.165) is 63.4 Å². The zero-order chi connectivity index (χ0) is 38.3. The van der Waals surface area contributed by atoms with Crippen LogP contribution >= 0.6 is 0 Å². The molecule has 4 heterocycles. The van der Waals surface area contributed by atoms with Crippen LogP contribution in [0, 0.1) is 34.5 Å². The van der Waals surface area contributed by atoms with Gasteiger partial charge in [0.2, 0.25) is 0 Å². The standard InChI is InChI=1S/C41H64O13/c1-20-36(46)29(42)14-34(49-20)53-38-22(3)51-35(16-31(38)44)54-37-21(2)50-33(15-30(37)43)52-26-8-11-40(5)25(13-26)6-7-28-27(40)9-10-39(4)17-24(18-41(28,39)47)23-12-32(45)48-19-23/h12,20-22,24-31,33-38,42-44,46-47H,6-11,13-19H2,1-5H3. The minimum absolute atomic E-state index is 0.0243. The summed E-state index contributed by atoms with van der Waals surface area (Å²) in [6.45, 7) is 10.4. The average molecular weight is 765 g/mol. The van der Waals surface area contributed by atoms with Gasteiger partial charge in [0.25, 0.3) is 0 Å². The third-order valence-electron chi connectivity index (χ3n) is 15.7. The van der Waals surface area contributed by atoms with Gasteiger partial charge in [-0.15, -0.1) is 0 Å². The first-order chi connectivity index (χ1) is 25.6. The van der Waals surface area contributed by atoms with Gasteiger partial charge in [-0.05, 0) is 119 Å². The lowest BCUT2D eigenvalue weighted by atomic mass is 9.44. The highest BCUT2D eigenvalue weighted by Crippen LogP contribution is 2.69. The minimum atomic E-state index is -0.996. The summed E-state index contributed by atoms with van der Waals surface area (Å²) in [5, 5.41) is 55.0. The van der Waals surface area contributed by atoms with Crippen LogP contribution in [0.1, 0.15) is 112 Å². The maximum absolute atomic E-state index is 12.6. The molecule has 306 valence electrons. The molecule has 13 heteroatoms.